The molecule has 0 saturated carbocycles. The second-order valence-corrected chi connectivity index (χ2v) is 5.76. The third-order valence-corrected chi connectivity index (χ3v) is 4.08. The fourth-order valence-corrected chi connectivity index (χ4v) is 3.23. The number of guanidine groups is 2. The molecule has 0 spiro atoms. The van der Waals surface area contributed by atoms with Gasteiger partial charge in [0.25, 0.3) is 0 Å². The van der Waals surface area contributed by atoms with Gasteiger partial charge in [0.1, 0.15) is 0 Å². The SMILES string of the molecule is CN(C(=N)N=C(N)N)C1CCS(=O)(=O)C1. The van der Waals surface area contributed by atoms with Crippen molar-refractivity contribution in [3.8, 4) is 0 Å². The van der Waals surface area contributed by atoms with Crippen molar-refractivity contribution >= 4 is 21.8 Å². The second kappa shape index (κ2) is 4.05. The van der Waals surface area contributed by atoms with Crippen molar-refractivity contribution in [2.75, 3.05) is 18.6 Å². The Hall–Kier alpha value is -1.31. The van der Waals surface area contributed by atoms with E-state index in [0.717, 1.165) is 0 Å². The van der Waals surface area contributed by atoms with Crippen molar-refractivity contribution in [3.05, 3.63) is 0 Å². The summed E-state index contributed by atoms with van der Waals surface area (Å²) in [5.41, 5.74) is 10.3. The molecule has 1 rings (SSSR count). The average molecular weight is 233 g/mol. The maximum absolute atomic E-state index is 11.2. The molecule has 7 nitrogen and oxygen atoms in total. The maximum atomic E-state index is 11.2. The third kappa shape index (κ3) is 3.08. The zero-order chi connectivity index (χ0) is 11.6. The van der Waals surface area contributed by atoms with Crippen LogP contribution in [0.1, 0.15) is 6.42 Å². The molecule has 1 heterocycles. The number of nitrogens with two attached hydrogens (primary N) is 2. The Morgan fingerprint density at radius 1 is 1.53 bits per heavy atom. The van der Waals surface area contributed by atoms with Crippen LogP contribution in [0.15, 0.2) is 4.99 Å². The van der Waals surface area contributed by atoms with Gasteiger partial charge in [-0.15, -0.1) is 0 Å². The van der Waals surface area contributed by atoms with E-state index in [-0.39, 0.29) is 29.5 Å². The highest BCUT2D eigenvalue weighted by atomic mass is 32.2. The number of aliphatic imine (C=N–C) groups is 1. The predicted molar refractivity (Wildman–Crippen MR) is 58.4 cm³/mol. The van der Waals surface area contributed by atoms with E-state index in [2.05, 4.69) is 4.99 Å². The highest BCUT2D eigenvalue weighted by molar-refractivity contribution is 7.91. The molecule has 0 bridgehead atoms. The van der Waals surface area contributed by atoms with Gasteiger partial charge in [-0.3, -0.25) is 5.41 Å². The van der Waals surface area contributed by atoms with Gasteiger partial charge in [-0.05, 0) is 6.42 Å². The minimum Gasteiger partial charge on any atom is -0.370 e. The summed E-state index contributed by atoms with van der Waals surface area (Å²) in [6, 6.07) is -0.203. The molecular weight excluding hydrogens is 218 g/mol. The van der Waals surface area contributed by atoms with E-state index in [0.29, 0.717) is 6.42 Å². The third-order valence-electron chi connectivity index (χ3n) is 2.33. The fourth-order valence-electron chi connectivity index (χ4n) is 1.45. The molecule has 5 N–H and O–H groups in total. The van der Waals surface area contributed by atoms with Crippen LogP contribution in [-0.4, -0.2) is 49.8 Å². The van der Waals surface area contributed by atoms with Gasteiger partial charge >= 0.3 is 0 Å². The fraction of sp³-hybridized carbons (Fsp3) is 0.714. The molecule has 15 heavy (non-hydrogen) atoms. The van der Waals surface area contributed by atoms with E-state index in [1.54, 1.807) is 7.05 Å². The highest BCUT2D eigenvalue weighted by Crippen LogP contribution is 2.16. The summed E-state index contributed by atoms with van der Waals surface area (Å²) in [5, 5.41) is 7.50. The van der Waals surface area contributed by atoms with Crippen LogP contribution in [0.25, 0.3) is 0 Å². The monoisotopic (exact) mass is 233 g/mol. The topological polar surface area (TPSA) is 126 Å². The minimum atomic E-state index is -2.95. The first-order valence-electron chi connectivity index (χ1n) is 4.43. The van der Waals surface area contributed by atoms with Gasteiger partial charge in [0, 0.05) is 13.1 Å². The van der Waals surface area contributed by atoms with Crippen molar-refractivity contribution in [2.45, 2.75) is 12.5 Å². The molecule has 1 fully saturated rings. The number of sulfone groups is 1. The second-order valence-electron chi connectivity index (χ2n) is 3.53. The number of hydrogen-bond donors (Lipinski definition) is 3. The van der Waals surface area contributed by atoms with E-state index in [9.17, 15) is 8.42 Å². The van der Waals surface area contributed by atoms with Crippen LogP contribution >= 0.6 is 0 Å². The first kappa shape index (κ1) is 11.8. The van der Waals surface area contributed by atoms with Crippen LogP contribution in [0.5, 0.6) is 0 Å². The van der Waals surface area contributed by atoms with Crippen LogP contribution in [0.3, 0.4) is 0 Å². The lowest BCUT2D eigenvalue weighted by Gasteiger charge is -2.22. The van der Waals surface area contributed by atoms with Gasteiger partial charge in [0.2, 0.25) is 5.96 Å². The molecule has 1 unspecified atom stereocenters. The molecule has 86 valence electrons. The van der Waals surface area contributed by atoms with E-state index in [1.165, 1.54) is 4.90 Å². The summed E-state index contributed by atoms with van der Waals surface area (Å²) < 4.78 is 22.4. The lowest BCUT2D eigenvalue weighted by molar-refractivity contribution is 0.390. The Morgan fingerprint density at radius 2 is 2.13 bits per heavy atom. The predicted octanol–water partition coefficient (Wildman–Crippen LogP) is -1.69. The molecular formula is C7H15N5O2S. The molecule has 0 amide bonds. The van der Waals surface area contributed by atoms with Gasteiger partial charge in [-0.25, -0.2) is 8.42 Å². The van der Waals surface area contributed by atoms with E-state index >= 15 is 0 Å². The summed E-state index contributed by atoms with van der Waals surface area (Å²) in [6.07, 6.45) is 0.515. The molecule has 8 heteroatoms. The minimum absolute atomic E-state index is 0.0614. The molecule has 1 atom stereocenters. The molecule has 0 aromatic heterocycles. The highest BCUT2D eigenvalue weighted by Gasteiger charge is 2.31. The summed E-state index contributed by atoms with van der Waals surface area (Å²) >= 11 is 0. The Balaban J connectivity index is 2.67. The molecule has 0 radical (unpaired) electrons. The Labute approximate surface area is 88.6 Å². The first-order chi connectivity index (χ1) is 6.82. The van der Waals surface area contributed by atoms with Gasteiger partial charge < -0.3 is 16.4 Å². The van der Waals surface area contributed by atoms with Crippen molar-refractivity contribution in [2.24, 2.45) is 16.5 Å². The Morgan fingerprint density at radius 3 is 2.53 bits per heavy atom. The van der Waals surface area contributed by atoms with Crippen LogP contribution in [0, 0.1) is 5.41 Å². The Kier molecular flexibility index (Phi) is 3.18. The van der Waals surface area contributed by atoms with Crippen LogP contribution in [0.2, 0.25) is 0 Å². The van der Waals surface area contributed by atoms with Crippen molar-refractivity contribution in [3.63, 3.8) is 0 Å². The van der Waals surface area contributed by atoms with Crippen molar-refractivity contribution < 1.29 is 8.42 Å². The van der Waals surface area contributed by atoms with Gasteiger partial charge in [0.15, 0.2) is 15.8 Å². The van der Waals surface area contributed by atoms with Gasteiger partial charge in [-0.1, -0.05) is 0 Å². The van der Waals surface area contributed by atoms with E-state index in [1.807, 2.05) is 0 Å². The van der Waals surface area contributed by atoms with Gasteiger partial charge in [0.05, 0.1) is 11.5 Å². The Bertz CT molecular complexity index is 384. The molecule has 0 aromatic carbocycles. The van der Waals surface area contributed by atoms with Crippen molar-refractivity contribution in [1.82, 2.24) is 4.90 Å². The normalized spacial score (nSPS) is 23.4. The van der Waals surface area contributed by atoms with Gasteiger partial charge in [-0.2, -0.15) is 4.99 Å². The standard InChI is InChI=1S/C7H15N5O2S/c1-12(7(10)11-6(8)9)5-2-3-15(13,14)4-5/h5H,2-4H2,1H3,(H5,8,9,10,11). The van der Waals surface area contributed by atoms with Crippen molar-refractivity contribution in [1.29, 1.82) is 5.41 Å². The molecule has 1 aliphatic rings. The zero-order valence-electron chi connectivity index (χ0n) is 8.47. The zero-order valence-corrected chi connectivity index (χ0v) is 9.29. The summed E-state index contributed by atoms with van der Waals surface area (Å²) in [7, 11) is -1.34. The molecule has 1 saturated heterocycles. The molecule has 0 aromatic rings. The largest absolute Gasteiger partial charge is 0.370 e. The number of nitrogens with one attached hydrogen (secondary N) is 1. The van der Waals surface area contributed by atoms with E-state index < -0.39 is 9.84 Å². The van der Waals surface area contributed by atoms with Crippen LogP contribution < -0.4 is 11.5 Å². The summed E-state index contributed by atoms with van der Waals surface area (Å²) in [6.45, 7) is 0. The molecule has 0 aliphatic carbocycles. The smallest absolute Gasteiger partial charge is 0.221 e. The number of hydrogen-bond acceptors (Lipinski definition) is 3. The lowest BCUT2D eigenvalue weighted by atomic mass is 10.2. The number of nitrogens with zero attached hydrogens (tertiary/aromatic N) is 2. The lowest BCUT2D eigenvalue weighted by Crippen LogP contribution is -2.38. The maximum Gasteiger partial charge on any atom is 0.221 e. The van der Waals surface area contributed by atoms with E-state index in [4.69, 9.17) is 16.9 Å². The van der Waals surface area contributed by atoms with Crippen LogP contribution in [0.4, 0.5) is 0 Å². The summed E-state index contributed by atoms with van der Waals surface area (Å²) in [4.78, 5) is 5.03. The molecule has 1 aliphatic heterocycles. The van der Waals surface area contributed by atoms with Crippen LogP contribution in [-0.2, 0) is 9.84 Å². The first-order valence-corrected chi connectivity index (χ1v) is 6.25. The average Bonchev–Trinajstić information content (AvgIpc) is 2.43. The quantitative estimate of drug-likeness (QED) is 0.368. The number of rotatable bonds is 1. The summed E-state index contributed by atoms with van der Waals surface area (Å²) in [5.74, 6) is -0.0898.